The number of aromatic nitrogens is 3. The van der Waals surface area contributed by atoms with Crippen LogP contribution in [0.15, 0.2) is 5.16 Å². The van der Waals surface area contributed by atoms with Gasteiger partial charge in [-0.05, 0) is 33.6 Å². The molecule has 1 saturated carbocycles. The molecule has 0 radical (unpaired) electrons. The zero-order valence-corrected chi connectivity index (χ0v) is 10.8. The van der Waals surface area contributed by atoms with E-state index in [1.807, 2.05) is 6.92 Å². The van der Waals surface area contributed by atoms with E-state index in [4.69, 9.17) is 0 Å². The Bertz CT molecular complexity index is 398. The van der Waals surface area contributed by atoms with E-state index < -0.39 is 0 Å². The van der Waals surface area contributed by atoms with E-state index in [-0.39, 0.29) is 11.0 Å². The number of rotatable bonds is 5. The lowest BCUT2D eigenvalue weighted by Crippen LogP contribution is -2.10. The standard InChI is InChI=1S/C11H17N3OS/c1-4-14-10(9-5-6-9)12-13-11(14)16-8(3)7(2)15/h8-9H,4-6H2,1-3H3. The largest absolute Gasteiger partial charge is 0.306 e. The summed E-state index contributed by atoms with van der Waals surface area (Å²) in [6.07, 6.45) is 2.45. The molecule has 1 atom stereocenters. The Labute approximate surface area is 99.8 Å². The fourth-order valence-corrected chi connectivity index (χ4v) is 2.49. The van der Waals surface area contributed by atoms with Gasteiger partial charge in [-0.1, -0.05) is 11.8 Å². The van der Waals surface area contributed by atoms with Crippen LogP contribution in [-0.2, 0) is 11.3 Å². The summed E-state index contributed by atoms with van der Waals surface area (Å²) in [7, 11) is 0. The quantitative estimate of drug-likeness (QED) is 0.739. The van der Waals surface area contributed by atoms with Gasteiger partial charge in [0.2, 0.25) is 0 Å². The maximum atomic E-state index is 11.2. The van der Waals surface area contributed by atoms with Crippen molar-refractivity contribution in [3.63, 3.8) is 0 Å². The van der Waals surface area contributed by atoms with Crippen molar-refractivity contribution in [1.29, 1.82) is 0 Å². The number of carbonyl (C=O) groups is 1. The highest BCUT2D eigenvalue weighted by molar-refractivity contribution is 8.00. The van der Waals surface area contributed by atoms with Crippen LogP contribution in [0, 0.1) is 0 Å². The Hall–Kier alpha value is -0.840. The van der Waals surface area contributed by atoms with Crippen molar-refractivity contribution < 1.29 is 4.79 Å². The molecule has 0 aliphatic heterocycles. The number of hydrogen-bond acceptors (Lipinski definition) is 4. The molecule has 0 amide bonds. The molecule has 1 fully saturated rings. The summed E-state index contributed by atoms with van der Waals surface area (Å²) in [5, 5.41) is 9.28. The molecular formula is C11H17N3OS. The molecule has 1 aromatic heterocycles. The number of thioether (sulfide) groups is 1. The second kappa shape index (κ2) is 4.57. The molecule has 1 aromatic rings. The molecule has 16 heavy (non-hydrogen) atoms. The van der Waals surface area contributed by atoms with Crippen LogP contribution < -0.4 is 0 Å². The molecule has 1 heterocycles. The fraction of sp³-hybridized carbons (Fsp3) is 0.727. The first-order valence-corrected chi connectivity index (χ1v) is 6.61. The molecule has 5 heteroatoms. The molecule has 1 aliphatic carbocycles. The van der Waals surface area contributed by atoms with Gasteiger partial charge in [0, 0.05) is 12.5 Å². The van der Waals surface area contributed by atoms with Gasteiger partial charge in [0.05, 0.1) is 5.25 Å². The van der Waals surface area contributed by atoms with E-state index in [1.165, 1.54) is 24.6 Å². The number of hydrogen-bond donors (Lipinski definition) is 0. The topological polar surface area (TPSA) is 47.8 Å². The third-order valence-corrected chi connectivity index (χ3v) is 4.06. The Balaban J connectivity index is 2.17. The number of nitrogens with zero attached hydrogens (tertiary/aromatic N) is 3. The van der Waals surface area contributed by atoms with Crippen molar-refractivity contribution in [2.45, 2.75) is 56.5 Å². The predicted octanol–water partition coefficient (Wildman–Crippen LogP) is 2.25. The average molecular weight is 239 g/mol. The van der Waals surface area contributed by atoms with Crippen molar-refractivity contribution in [3.05, 3.63) is 5.82 Å². The van der Waals surface area contributed by atoms with E-state index in [2.05, 4.69) is 21.7 Å². The van der Waals surface area contributed by atoms with Gasteiger partial charge in [-0.2, -0.15) is 0 Å². The van der Waals surface area contributed by atoms with Crippen molar-refractivity contribution in [2.24, 2.45) is 0 Å². The van der Waals surface area contributed by atoms with Gasteiger partial charge < -0.3 is 4.57 Å². The van der Waals surface area contributed by atoms with Gasteiger partial charge in [-0.25, -0.2) is 0 Å². The highest BCUT2D eigenvalue weighted by Crippen LogP contribution is 2.40. The molecule has 0 N–H and O–H groups in total. The summed E-state index contributed by atoms with van der Waals surface area (Å²) in [4.78, 5) is 11.2. The van der Waals surface area contributed by atoms with Gasteiger partial charge in [0.1, 0.15) is 11.6 Å². The highest BCUT2D eigenvalue weighted by atomic mass is 32.2. The van der Waals surface area contributed by atoms with Crippen molar-refractivity contribution in [1.82, 2.24) is 14.8 Å². The van der Waals surface area contributed by atoms with Crippen LogP contribution in [0.5, 0.6) is 0 Å². The van der Waals surface area contributed by atoms with Crippen LogP contribution in [0.2, 0.25) is 0 Å². The SMILES string of the molecule is CCn1c(SC(C)C(C)=O)nnc1C1CC1. The molecule has 88 valence electrons. The Morgan fingerprint density at radius 1 is 1.56 bits per heavy atom. The molecule has 0 bridgehead atoms. The van der Waals surface area contributed by atoms with Gasteiger partial charge in [0.25, 0.3) is 0 Å². The van der Waals surface area contributed by atoms with Crippen molar-refractivity contribution in [2.75, 3.05) is 0 Å². The predicted molar refractivity (Wildman–Crippen MR) is 63.7 cm³/mol. The first-order valence-electron chi connectivity index (χ1n) is 5.73. The Morgan fingerprint density at radius 3 is 2.75 bits per heavy atom. The van der Waals surface area contributed by atoms with Crippen LogP contribution in [0.25, 0.3) is 0 Å². The van der Waals surface area contributed by atoms with E-state index in [0.717, 1.165) is 17.5 Å². The summed E-state index contributed by atoms with van der Waals surface area (Å²) in [6.45, 7) is 6.51. The number of carbonyl (C=O) groups excluding carboxylic acids is 1. The molecule has 2 rings (SSSR count). The van der Waals surface area contributed by atoms with E-state index >= 15 is 0 Å². The fourth-order valence-electron chi connectivity index (χ4n) is 1.57. The molecule has 0 saturated heterocycles. The minimum atomic E-state index is -0.0402. The van der Waals surface area contributed by atoms with Crippen molar-refractivity contribution in [3.8, 4) is 0 Å². The van der Waals surface area contributed by atoms with Crippen LogP contribution in [0.4, 0.5) is 0 Å². The molecular weight excluding hydrogens is 222 g/mol. The summed E-state index contributed by atoms with van der Waals surface area (Å²) in [6, 6.07) is 0. The zero-order chi connectivity index (χ0) is 11.7. The zero-order valence-electron chi connectivity index (χ0n) is 9.93. The summed E-state index contributed by atoms with van der Waals surface area (Å²) < 4.78 is 2.14. The lowest BCUT2D eigenvalue weighted by Gasteiger charge is -2.09. The van der Waals surface area contributed by atoms with Crippen LogP contribution in [0.1, 0.15) is 45.4 Å². The molecule has 0 aromatic carbocycles. The molecule has 0 spiro atoms. The smallest absolute Gasteiger partial charge is 0.191 e. The minimum absolute atomic E-state index is 0.0402. The Morgan fingerprint density at radius 2 is 2.25 bits per heavy atom. The minimum Gasteiger partial charge on any atom is -0.306 e. The van der Waals surface area contributed by atoms with E-state index in [0.29, 0.717) is 5.92 Å². The van der Waals surface area contributed by atoms with Gasteiger partial charge in [-0.15, -0.1) is 10.2 Å². The summed E-state index contributed by atoms with van der Waals surface area (Å²) in [5.74, 6) is 1.89. The molecule has 4 nitrogen and oxygen atoms in total. The third kappa shape index (κ3) is 2.29. The Kier molecular flexibility index (Phi) is 3.33. The van der Waals surface area contributed by atoms with Gasteiger partial charge >= 0.3 is 0 Å². The van der Waals surface area contributed by atoms with Gasteiger partial charge in [-0.3, -0.25) is 4.79 Å². The first kappa shape index (κ1) is 11.6. The van der Waals surface area contributed by atoms with Crippen LogP contribution in [-0.4, -0.2) is 25.8 Å². The third-order valence-electron chi connectivity index (χ3n) is 2.86. The maximum Gasteiger partial charge on any atom is 0.191 e. The van der Waals surface area contributed by atoms with Gasteiger partial charge in [0.15, 0.2) is 5.16 Å². The summed E-state index contributed by atoms with van der Waals surface area (Å²) >= 11 is 1.51. The first-order chi connectivity index (χ1) is 7.63. The average Bonchev–Trinajstić information content (AvgIpc) is 3.01. The second-order valence-electron chi connectivity index (χ2n) is 4.23. The summed E-state index contributed by atoms with van der Waals surface area (Å²) in [5.41, 5.74) is 0. The monoisotopic (exact) mass is 239 g/mol. The number of Topliss-reactive ketones (excluding diaryl/α,β-unsaturated/α-hetero) is 1. The second-order valence-corrected chi connectivity index (χ2v) is 5.54. The maximum absolute atomic E-state index is 11.2. The lowest BCUT2D eigenvalue weighted by molar-refractivity contribution is -0.116. The molecule has 1 aliphatic rings. The van der Waals surface area contributed by atoms with Crippen LogP contribution in [0.3, 0.4) is 0 Å². The number of ketones is 1. The molecule has 1 unspecified atom stereocenters. The van der Waals surface area contributed by atoms with E-state index in [9.17, 15) is 4.79 Å². The van der Waals surface area contributed by atoms with E-state index in [1.54, 1.807) is 6.92 Å². The van der Waals surface area contributed by atoms with Crippen molar-refractivity contribution >= 4 is 17.5 Å². The lowest BCUT2D eigenvalue weighted by atomic mass is 10.3. The normalized spacial score (nSPS) is 17.4. The van der Waals surface area contributed by atoms with Crippen LogP contribution >= 0.6 is 11.8 Å². The highest BCUT2D eigenvalue weighted by Gasteiger charge is 2.30.